The number of rotatable bonds is 16. The molecular weight excluding hydrogens is 492 g/mol. The Labute approximate surface area is 213 Å². The minimum atomic E-state index is -1.66. The number of nitrogens with two attached hydrogens (primary N) is 1. The topological polar surface area (TPSA) is 208 Å². The molecule has 200 valence electrons. The van der Waals surface area contributed by atoms with Gasteiger partial charge in [0.15, 0.2) is 6.04 Å². The van der Waals surface area contributed by atoms with Gasteiger partial charge < -0.3 is 37.0 Å². The van der Waals surface area contributed by atoms with Gasteiger partial charge in [-0.2, -0.15) is 11.8 Å². The van der Waals surface area contributed by atoms with Gasteiger partial charge in [-0.25, -0.2) is 4.79 Å². The molecule has 13 heteroatoms. The zero-order chi connectivity index (χ0) is 27.3. The second-order valence-electron chi connectivity index (χ2n) is 8.20. The molecule has 0 spiro atoms. The third-order valence-electron chi connectivity index (χ3n) is 5.20. The summed E-state index contributed by atoms with van der Waals surface area (Å²) in [5.74, 6) is -4.55. The molecule has 12 nitrogen and oxygen atoms in total. The molecule has 3 amide bonds. The van der Waals surface area contributed by atoms with E-state index in [1.807, 2.05) is 36.6 Å². The van der Waals surface area contributed by atoms with Gasteiger partial charge in [-0.15, -0.1) is 0 Å². The Hall–Kier alpha value is -3.16. The number of hydrogen-bond donors (Lipinski definition) is 7. The van der Waals surface area contributed by atoms with Gasteiger partial charge >= 0.3 is 11.9 Å². The summed E-state index contributed by atoms with van der Waals surface area (Å²) in [6.45, 7) is 1.16. The first kappa shape index (κ1) is 30.9. The number of aliphatic hydroxyl groups excluding tert-OH is 1. The number of carbonyl (C=O) groups excluding carboxylic acids is 3. The SMILES string of the molecule is CSCCC(NC(=O)C(N)Cc1ccccc1)C(=O)NC(CCC(=O)O)C(=O)NC(C(=O)O)C(C)O. The maximum absolute atomic E-state index is 13.0. The fourth-order valence-corrected chi connectivity index (χ4v) is 3.67. The first-order valence-electron chi connectivity index (χ1n) is 11.3. The number of hydrogen-bond acceptors (Lipinski definition) is 8. The van der Waals surface area contributed by atoms with Crippen LogP contribution in [0.25, 0.3) is 0 Å². The lowest BCUT2D eigenvalue weighted by Gasteiger charge is -2.25. The maximum Gasteiger partial charge on any atom is 0.328 e. The fraction of sp³-hybridized carbons (Fsp3) is 0.522. The number of nitrogens with one attached hydrogen (secondary N) is 3. The van der Waals surface area contributed by atoms with Crippen LogP contribution in [0.5, 0.6) is 0 Å². The highest BCUT2D eigenvalue weighted by Gasteiger charge is 2.32. The van der Waals surface area contributed by atoms with Crippen LogP contribution >= 0.6 is 11.8 Å². The van der Waals surface area contributed by atoms with Gasteiger partial charge in [0.25, 0.3) is 0 Å². The van der Waals surface area contributed by atoms with Crippen molar-refractivity contribution in [1.29, 1.82) is 0 Å². The molecule has 5 atom stereocenters. The number of thioether (sulfide) groups is 1. The number of carboxylic acids is 2. The van der Waals surface area contributed by atoms with Gasteiger partial charge in [-0.3, -0.25) is 19.2 Å². The lowest BCUT2D eigenvalue weighted by atomic mass is 10.0. The zero-order valence-electron chi connectivity index (χ0n) is 20.2. The summed E-state index contributed by atoms with van der Waals surface area (Å²) in [5.41, 5.74) is 6.85. The average molecular weight is 527 g/mol. The highest BCUT2D eigenvalue weighted by atomic mass is 32.2. The summed E-state index contributed by atoms with van der Waals surface area (Å²) < 4.78 is 0. The van der Waals surface area contributed by atoms with Crippen LogP contribution in [-0.4, -0.2) is 87.3 Å². The van der Waals surface area contributed by atoms with Crippen molar-refractivity contribution in [1.82, 2.24) is 16.0 Å². The smallest absolute Gasteiger partial charge is 0.328 e. The first-order chi connectivity index (χ1) is 17.0. The molecular formula is C23H34N4O8S. The Morgan fingerprint density at radius 2 is 1.47 bits per heavy atom. The minimum absolute atomic E-state index is 0.204. The molecule has 8 N–H and O–H groups in total. The molecule has 5 unspecified atom stereocenters. The standard InChI is InChI=1S/C23H34N4O8S/c1-13(28)19(23(34)35)27-22(33)16(8-9-18(29)30)26-21(32)17(10-11-36-2)25-20(31)15(24)12-14-6-4-3-5-7-14/h3-7,13,15-17,19,28H,8-12,24H2,1-2H3,(H,25,31)(H,26,32)(H,27,33)(H,29,30)(H,34,35). The summed E-state index contributed by atoms with van der Waals surface area (Å²) in [6, 6.07) is 3.99. The van der Waals surface area contributed by atoms with Crippen molar-refractivity contribution in [3.05, 3.63) is 35.9 Å². The highest BCUT2D eigenvalue weighted by Crippen LogP contribution is 2.07. The summed E-state index contributed by atoms with van der Waals surface area (Å²) in [5, 5.41) is 34.9. The molecule has 0 aromatic heterocycles. The summed E-state index contributed by atoms with van der Waals surface area (Å²) in [4.78, 5) is 60.7. The summed E-state index contributed by atoms with van der Waals surface area (Å²) in [6.07, 6.45) is -0.0199. The normalized spacial score (nSPS) is 15.0. The van der Waals surface area contributed by atoms with Crippen LogP contribution in [-0.2, 0) is 30.4 Å². The lowest BCUT2D eigenvalue weighted by molar-refractivity contribution is -0.145. The van der Waals surface area contributed by atoms with Crippen LogP contribution in [0, 0.1) is 0 Å². The third kappa shape index (κ3) is 11.1. The third-order valence-corrected chi connectivity index (χ3v) is 5.85. The van der Waals surface area contributed by atoms with E-state index < -0.39 is 66.4 Å². The average Bonchev–Trinajstić information content (AvgIpc) is 2.82. The Balaban J connectivity index is 2.96. The second kappa shape index (κ2) is 15.8. The van der Waals surface area contributed by atoms with E-state index in [9.17, 15) is 34.2 Å². The van der Waals surface area contributed by atoms with Crippen molar-refractivity contribution in [3.63, 3.8) is 0 Å². The predicted octanol–water partition coefficient (Wildman–Crippen LogP) is -0.906. The Morgan fingerprint density at radius 3 is 2.00 bits per heavy atom. The minimum Gasteiger partial charge on any atom is -0.481 e. The van der Waals surface area contributed by atoms with Crippen molar-refractivity contribution in [2.24, 2.45) is 5.73 Å². The first-order valence-corrected chi connectivity index (χ1v) is 12.7. The fourth-order valence-electron chi connectivity index (χ4n) is 3.20. The van der Waals surface area contributed by atoms with E-state index in [1.54, 1.807) is 0 Å². The molecule has 0 heterocycles. The number of carbonyl (C=O) groups is 5. The van der Waals surface area contributed by atoms with Crippen molar-refractivity contribution in [2.45, 2.75) is 62.9 Å². The van der Waals surface area contributed by atoms with Gasteiger partial charge in [0.05, 0.1) is 12.1 Å². The molecule has 0 radical (unpaired) electrons. The molecule has 1 aromatic carbocycles. The van der Waals surface area contributed by atoms with Crippen LogP contribution in [0.3, 0.4) is 0 Å². The number of aliphatic carboxylic acids is 2. The van der Waals surface area contributed by atoms with Crippen molar-refractivity contribution in [3.8, 4) is 0 Å². The molecule has 0 saturated carbocycles. The second-order valence-corrected chi connectivity index (χ2v) is 9.18. The molecule has 0 aliphatic carbocycles. The van der Waals surface area contributed by atoms with Crippen LogP contribution < -0.4 is 21.7 Å². The molecule has 1 rings (SSSR count). The van der Waals surface area contributed by atoms with E-state index >= 15 is 0 Å². The number of aliphatic hydroxyl groups is 1. The lowest BCUT2D eigenvalue weighted by Crippen LogP contribution is -2.58. The van der Waals surface area contributed by atoms with Crippen molar-refractivity contribution >= 4 is 41.4 Å². The van der Waals surface area contributed by atoms with E-state index in [2.05, 4.69) is 16.0 Å². The van der Waals surface area contributed by atoms with Gasteiger partial charge in [0.2, 0.25) is 17.7 Å². The zero-order valence-corrected chi connectivity index (χ0v) is 21.0. The summed E-state index contributed by atoms with van der Waals surface area (Å²) in [7, 11) is 0. The molecule has 0 aliphatic heterocycles. The predicted molar refractivity (Wildman–Crippen MR) is 133 cm³/mol. The van der Waals surface area contributed by atoms with Crippen LogP contribution in [0.2, 0.25) is 0 Å². The van der Waals surface area contributed by atoms with E-state index in [0.717, 1.165) is 12.5 Å². The highest BCUT2D eigenvalue weighted by molar-refractivity contribution is 7.98. The number of carboxylic acid groups (broad SMARTS) is 2. The van der Waals surface area contributed by atoms with E-state index in [1.165, 1.54) is 11.8 Å². The van der Waals surface area contributed by atoms with Crippen LogP contribution in [0.1, 0.15) is 31.7 Å². The molecule has 0 saturated heterocycles. The number of amides is 3. The number of benzene rings is 1. The summed E-state index contributed by atoms with van der Waals surface area (Å²) >= 11 is 1.43. The Bertz CT molecular complexity index is 899. The Kier molecular flexibility index (Phi) is 13.5. The van der Waals surface area contributed by atoms with Crippen molar-refractivity contribution < 1.29 is 39.3 Å². The molecule has 0 fully saturated rings. The molecule has 0 aliphatic rings. The quantitative estimate of drug-likeness (QED) is 0.141. The van der Waals surface area contributed by atoms with Crippen LogP contribution in [0.4, 0.5) is 0 Å². The van der Waals surface area contributed by atoms with Gasteiger partial charge in [-0.05, 0) is 43.8 Å². The van der Waals surface area contributed by atoms with E-state index in [4.69, 9.17) is 10.8 Å². The van der Waals surface area contributed by atoms with Gasteiger partial charge in [0.1, 0.15) is 12.1 Å². The Morgan fingerprint density at radius 1 is 0.917 bits per heavy atom. The largest absolute Gasteiger partial charge is 0.481 e. The van der Waals surface area contributed by atoms with Crippen molar-refractivity contribution in [2.75, 3.05) is 12.0 Å². The van der Waals surface area contributed by atoms with Gasteiger partial charge in [0, 0.05) is 6.42 Å². The van der Waals surface area contributed by atoms with E-state index in [-0.39, 0.29) is 19.3 Å². The van der Waals surface area contributed by atoms with E-state index in [0.29, 0.717) is 5.75 Å². The molecule has 1 aromatic rings. The maximum atomic E-state index is 13.0. The van der Waals surface area contributed by atoms with Crippen LogP contribution in [0.15, 0.2) is 30.3 Å². The monoisotopic (exact) mass is 526 g/mol. The van der Waals surface area contributed by atoms with Gasteiger partial charge in [-0.1, -0.05) is 30.3 Å². The molecule has 0 bridgehead atoms. The molecule has 36 heavy (non-hydrogen) atoms.